The number of nitrogens with zero attached hydrogens (tertiary/aromatic N) is 3. The maximum Gasteiger partial charge on any atom is 0.227 e. The van der Waals surface area contributed by atoms with E-state index in [9.17, 15) is 0 Å². The molecule has 0 saturated heterocycles. The van der Waals surface area contributed by atoms with E-state index in [0.717, 1.165) is 77.7 Å². The summed E-state index contributed by atoms with van der Waals surface area (Å²) in [5.41, 5.74) is 13.6. The van der Waals surface area contributed by atoms with Crippen LogP contribution in [0, 0.1) is 0 Å². The molecule has 11 aromatic rings. The summed E-state index contributed by atoms with van der Waals surface area (Å²) in [6.45, 7) is 0. The first-order valence-corrected chi connectivity index (χ1v) is 19.3. The van der Waals surface area contributed by atoms with Crippen molar-refractivity contribution in [1.82, 2.24) is 9.55 Å². The first-order chi connectivity index (χ1) is 28.3. The van der Waals surface area contributed by atoms with Gasteiger partial charge >= 0.3 is 0 Å². The molecule has 2 aromatic heterocycles. The van der Waals surface area contributed by atoms with E-state index in [1.807, 2.05) is 36.4 Å². The van der Waals surface area contributed by atoms with Crippen LogP contribution in [-0.2, 0) is 0 Å². The maximum absolute atomic E-state index is 6.79. The van der Waals surface area contributed by atoms with Crippen molar-refractivity contribution in [2.45, 2.75) is 0 Å². The second-order valence-corrected chi connectivity index (χ2v) is 14.4. The molecule has 0 aliphatic rings. The Morgan fingerprint density at radius 1 is 0.439 bits per heavy atom. The average molecular weight is 730 g/mol. The second-order valence-electron chi connectivity index (χ2n) is 14.4. The number of oxazole rings is 1. The van der Waals surface area contributed by atoms with Gasteiger partial charge in [0.15, 0.2) is 5.58 Å². The molecule has 0 aliphatic carbocycles. The van der Waals surface area contributed by atoms with Gasteiger partial charge in [0, 0.05) is 33.1 Å². The lowest BCUT2D eigenvalue weighted by molar-refractivity contribution is 0.620. The molecule has 0 N–H and O–H groups in total. The molecule has 0 atom stereocenters. The largest absolute Gasteiger partial charge is 0.434 e. The molecule has 57 heavy (non-hydrogen) atoms. The molecule has 0 radical (unpaired) electrons. The third-order valence-corrected chi connectivity index (χ3v) is 11.0. The molecule has 0 fully saturated rings. The zero-order valence-corrected chi connectivity index (χ0v) is 31.0. The van der Waals surface area contributed by atoms with E-state index in [2.05, 4.69) is 185 Å². The Balaban J connectivity index is 1.20. The summed E-state index contributed by atoms with van der Waals surface area (Å²) >= 11 is 0. The smallest absolute Gasteiger partial charge is 0.227 e. The van der Waals surface area contributed by atoms with Crippen molar-refractivity contribution < 1.29 is 4.42 Å². The molecule has 9 aromatic carbocycles. The molecule has 0 spiro atoms. The number of fused-ring (bicyclic) bond motifs is 5. The number of hydrogen-bond donors (Lipinski definition) is 0. The molecule has 4 nitrogen and oxygen atoms in total. The van der Waals surface area contributed by atoms with E-state index in [0.29, 0.717) is 5.89 Å². The lowest BCUT2D eigenvalue weighted by Gasteiger charge is -2.28. The van der Waals surface area contributed by atoms with E-state index in [4.69, 9.17) is 9.40 Å². The highest BCUT2D eigenvalue weighted by Crippen LogP contribution is 2.49. The molecule has 0 saturated carbocycles. The molecule has 0 bridgehead atoms. The fourth-order valence-corrected chi connectivity index (χ4v) is 8.37. The van der Waals surface area contributed by atoms with Crippen LogP contribution in [0.4, 0.5) is 17.1 Å². The predicted molar refractivity (Wildman–Crippen MR) is 237 cm³/mol. The minimum atomic E-state index is 0.593. The van der Waals surface area contributed by atoms with Gasteiger partial charge < -0.3 is 13.9 Å². The Hall–Kier alpha value is -7.69. The zero-order valence-electron chi connectivity index (χ0n) is 31.0. The zero-order chi connectivity index (χ0) is 37.7. The van der Waals surface area contributed by atoms with Crippen LogP contribution < -0.4 is 4.90 Å². The van der Waals surface area contributed by atoms with Gasteiger partial charge in [-0.2, -0.15) is 0 Å². The Bertz CT molecular complexity index is 3220. The molecular formula is C53H35N3O. The Kier molecular flexibility index (Phi) is 7.78. The van der Waals surface area contributed by atoms with Gasteiger partial charge in [0.1, 0.15) is 5.52 Å². The van der Waals surface area contributed by atoms with Crippen LogP contribution in [0.25, 0.3) is 83.1 Å². The highest BCUT2D eigenvalue weighted by molar-refractivity contribution is 6.24. The third-order valence-electron chi connectivity index (χ3n) is 11.0. The number of benzene rings is 9. The monoisotopic (exact) mass is 729 g/mol. The summed E-state index contributed by atoms with van der Waals surface area (Å²) < 4.78 is 9.18. The van der Waals surface area contributed by atoms with Crippen molar-refractivity contribution in [1.29, 1.82) is 0 Å². The van der Waals surface area contributed by atoms with Gasteiger partial charge in [0.25, 0.3) is 0 Å². The number of hydrogen-bond acceptors (Lipinski definition) is 3. The average Bonchev–Trinajstić information content (AvgIpc) is 3.88. The minimum Gasteiger partial charge on any atom is -0.434 e. The van der Waals surface area contributed by atoms with Crippen molar-refractivity contribution in [2.75, 3.05) is 4.90 Å². The third kappa shape index (κ3) is 5.58. The van der Waals surface area contributed by atoms with Gasteiger partial charge in [-0.25, -0.2) is 4.98 Å². The van der Waals surface area contributed by atoms with Crippen molar-refractivity contribution in [2.24, 2.45) is 0 Å². The molecule has 0 amide bonds. The second kappa shape index (κ2) is 13.6. The summed E-state index contributed by atoms with van der Waals surface area (Å²) in [6, 6.07) is 75.1. The fourth-order valence-electron chi connectivity index (χ4n) is 8.37. The van der Waals surface area contributed by atoms with Crippen LogP contribution in [0.1, 0.15) is 0 Å². The predicted octanol–water partition coefficient (Wildman–Crippen LogP) is 14.5. The van der Waals surface area contributed by atoms with E-state index < -0.39 is 0 Å². The van der Waals surface area contributed by atoms with Gasteiger partial charge in [-0.3, -0.25) is 0 Å². The van der Waals surface area contributed by atoms with Crippen molar-refractivity contribution in [3.05, 3.63) is 212 Å². The number of anilines is 3. The van der Waals surface area contributed by atoms with Crippen LogP contribution in [0.15, 0.2) is 217 Å². The van der Waals surface area contributed by atoms with Crippen LogP contribution in [0.5, 0.6) is 0 Å². The van der Waals surface area contributed by atoms with Gasteiger partial charge in [-0.1, -0.05) is 146 Å². The topological polar surface area (TPSA) is 34.2 Å². The summed E-state index contributed by atoms with van der Waals surface area (Å²) in [7, 11) is 0. The number of rotatable bonds is 7. The lowest BCUT2D eigenvalue weighted by Crippen LogP contribution is -2.11. The molecular weight excluding hydrogens is 695 g/mol. The molecule has 2 heterocycles. The van der Waals surface area contributed by atoms with Gasteiger partial charge in [0.2, 0.25) is 5.89 Å². The standard InChI is InChI=1S/C53H35N3O/c1-4-16-36(17-5-1)39-21-14-22-40(34-39)37-30-32-43(33-31-37)56(48-29-15-27-46-52(48)57-53(54-46)38-18-6-2-7-19-38)51-44-25-11-10-20-41(44)35-49-50(51)45-26-12-13-28-47(45)55(49)42-23-8-3-9-24-42/h1-35H. The molecule has 11 rings (SSSR count). The quantitative estimate of drug-likeness (QED) is 0.164. The van der Waals surface area contributed by atoms with Crippen LogP contribution in [-0.4, -0.2) is 9.55 Å². The Morgan fingerprint density at radius 2 is 1.04 bits per heavy atom. The fraction of sp³-hybridized carbons (Fsp3) is 0. The lowest BCUT2D eigenvalue weighted by atomic mass is 9.98. The molecule has 0 aliphatic heterocycles. The van der Waals surface area contributed by atoms with Gasteiger partial charge in [0.05, 0.1) is 22.4 Å². The van der Waals surface area contributed by atoms with Crippen LogP contribution in [0.3, 0.4) is 0 Å². The van der Waals surface area contributed by atoms with Crippen molar-refractivity contribution >= 4 is 60.7 Å². The number of para-hydroxylation sites is 3. The minimum absolute atomic E-state index is 0.593. The SMILES string of the molecule is c1ccc(-c2cccc(-c3ccc(N(c4cccc5nc(-c6ccccc6)oc45)c4c5ccccc5cc5c4c4ccccc4n5-c4ccccc4)cc3)c2)cc1. The highest BCUT2D eigenvalue weighted by atomic mass is 16.3. The van der Waals surface area contributed by atoms with E-state index in [1.165, 1.54) is 16.5 Å². The summed E-state index contributed by atoms with van der Waals surface area (Å²) in [5, 5.41) is 4.62. The van der Waals surface area contributed by atoms with E-state index in [-0.39, 0.29) is 0 Å². The summed E-state index contributed by atoms with van der Waals surface area (Å²) in [4.78, 5) is 7.41. The first-order valence-electron chi connectivity index (χ1n) is 19.3. The first kappa shape index (κ1) is 32.7. The summed E-state index contributed by atoms with van der Waals surface area (Å²) in [5.74, 6) is 0.593. The Labute approximate surface area is 330 Å². The van der Waals surface area contributed by atoms with Gasteiger partial charge in [-0.15, -0.1) is 0 Å². The van der Waals surface area contributed by atoms with Crippen LogP contribution in [0.2, 0.25) is 0 Å². The molecule has 4 heteroatoms. The van der Waals surface area contributed by atoms with Gasteiger partial charge in [-0.05, 0) is 94.4 Å². The van der Waals surface area contributed by atoms with Crippen molar-refractivity contribution in [3.63, 3.8) is 0 Å². The summed E-state index contributed by atoms with van der Waals surface area (Å²) in [6.07, 6.45) is 0. The van der Waals surface area contributed by atoms with Crippen molar-refractivity contribution in [3.8, 4) is 39.4 Å². The number of aromatic nitrogens is 2. The van der Waals surface area contributed by atoms with Crippen LogP contribution >= 0.6 is 0 Å². The highest BCUT2D eigenvalue weighted by Gasteiger charge is 2.26. The maximum atomic E-state index is 6.79. The normalized spacial score (nSPS) is 11.5. The van der Waals surface area contributed by atoms with E-state index >= 15 is 0 Å². The molecule has 0 unspecified atom stereocenters. The van der Waals surface area contributed by atoms with E-state index in [1.54, 1.807) is 0 Å². The Morgan fingerprint density at radius 3 is 1.79 bits per heavy atom. The molecule has 268 valence electrons.